The largest absolute Gasteiger partial charge is 0.477 e. The summed E-state index contributed by atoms with van der Waals surface area (Å²) in [6.45, 7) is 8.83. The zero-order valence-electron chi connectivity index (χ0n) is 16.3. The standard InChI is InChI=1S/C22H26ClN3O/c1-14(11-22(3,4)24)13-27-21-15(2)9-16(12-26-21)18-7-8-25-20-6-5-17(23)10-19(18)20/h5-10,12,14H,11,13,24H2,1-4H3. The van der Waals surface area contributed by atoms with E-state index >= 15 is 0 Å². The van der Waals surface area contributed by atoms with E-state index in [0.717, 1.165) is 34.0 Å². The van der Waals surface area contributed by atoms with Crippen LogP contribution >= 0.6 is 11.6 Å². The molecule has 1 atom stereocenters. The molecule has 0 fully saturated rings. The third-order valence-corrected chi connectivity index (χ3v) is 4.66. The molecule has 2 aromatic heterocycles. The first-order valence-electron chi connectivity index (χ1n) is 9.16. The molecule has 0 saturated carbocycles. The summed E-state index contributed by atoms with van der Waals surface area (Å²) >= 11 is 6.18. The number of benzene rings is 1. The summed E-state index contributed by atoms with van der Waals surface area (Å²) < 4.78 is 5.94. The van der Waals surface area contributed by atoms with Crippen LogP contribution < -0.4 is 10.5 Å². The molecule has 1 unspecified atom stereocenters. The Morgan fingerprint density at radius 2 is 1.96 bits per heavy atom. The number of nitrogens with two attached hydrogens (primary N) is 1. The van der Waals surface area contributed by atoms with Crippen molar-refractivity contribution in [3.8, 4) is 17.0 Å². The fourth-order valence-electron chi connectivity index (χ4n) is 3.41. The summed E-state index contributed by atoms with van der Waals surface area (Å²) in [7, 11) is 0. The molecule has 3 rings (SSSR count). The predicted octanol–water partition coefficient (Wildman–Crippen LogP) is 5.40. The van der Waals surface area contributed by atoms with E-state index < -0.39 is 0 Å². The first-order valence-corrected chi connectivity index (χ1v) is 9.54. The van der Waals surface area contributed by atoms with E-state index in [4.69, 9.17) is 22.1 Å². The first kappa shape index (κ1) is 19.6. The maximum Gasteiger partial charge on any atom is 0.216 e. The molecule has 1 aromatic carbocycles. The monoisotopic (exact) mass is 383 g/mol. The van der Waals surface area contributed by atoms with Crippen LogP contribution in [0.15, 0.2) is 42.7 Å². The fourth-order valence-corrected chi connectivity index (χ4v) is 3.58. The summed E-state index contributed by atoms with van der Waals surface area (Å²) in [6.07, 6.45) is 4.55. The van der Waals surface area contributed by atoms with Gasteiger partial charge in [0, 0.05) is 39.5 Å². The molecule has 0 bridgehead atoms. The molecule has 0 aliphatic carbocycles. The summed E-state index contributed by atoms with van der Waals surface area (Å²) in [5.74, 6) is 1.02. The summed E-state index contributed by atoms with van der Waals surface area (Å²) in [4.78, 5) is 8.96. The predicted molar refractivity (Wildman–Crippen MR) is 112 cm³/mol. The second-order valence-corrected chi connectivity index (χ2v) is 8.41. The second kappa shape index (κ2) is 7.83. The van der Waals surface area contributed by atoms with E-state index in [2.05, 4.69) is 23.0 Å². The molecule has 0 aliphatic heterocycles. The number of hydrogen-bond acceptors (Lipinski definition) is 4. The molecule has 3 aromatic rings. The van der Waals surface area contributed by atoms with Crippen molar-refractivity contribution >= 4 is 22.5 Å². The topological polar surface area (TPSA) is 61.0 Å². The van der Waals surface area contributed by atoms with Crippen molar-refractivity contribution < 1.29 is 4.74 Å². The average molecular weight is 384 g/mol. The molecule has 0 aliphatic rings. The lowest BCUT2D eigenvalue weighted by atomic mass is 9.93. The van der Waals surface area contributed by atoms with Crippen LogP contribution in [0.25, 0.3) is 22.0 Å². The van der Waals surface area contributed by atoms with Gasteiger partial charge in [-0.3, -0.25) is 4.98 Å². The van der Waals surface area contributed by atoms with Gasteiger partial charge in [0.05, 0.1) is 12.1 Å². The number of aryl methyl sites for hydroxylation is 1. The number of halogens is 1. The van der Waals surface area contributed by atoms with Gasteiger partial charge in [0.15, 0.2) is 0 Å². The molecule has 5 heteroatoms. The van der Waals surface area contributed by atoms with E-state index in [1.807, 2.05) is 57.4 Å². The maximum absolute atomic E-state index is 6.18. The summed E-state index contributed by atoms with van der Waals surface area (Å²) in [5.41, 5.74) is 9.88. The number of ether oxygens (including phenoxy) is 1. The van der Waals surface area contributed by atoms with Gasteiger partial charge in [0.25, 0.3) is 0 Å². The van der Waals surface area contributed by atoms with Gasteiger partial charge in [-0.1, -0.05) is 18.5 Å². The minimum absolute atomic E-state index is 0.196. The number of pyridine rings is 2. The summed E-state index contributed by atoms with van der Waals surface area (Å²) in [6, 6.07) is 9.80. The molecule has 0 spiro atoms. The average Bonchev–Trinajstić information content (AvgIpc) is 2.58. The van der Waals surface area contributed by atoms with Crippen LogP contribution in [-0.2, 0) is 0 Å². The van der Waals surface area contributed by atoms with Gasteiger partial charge < -0.3 is 10.5 Å². The Kier molecular flexibility index (Phi) is 5.68. The van der Waals surface area contributed by atoms with Crippen LogP contribution in [0.4, 0.5) is 0 Å². The Balaban J connectivity index is 1.82. The van der Waals surface area contributed by atoms with E-state index in [-0.39, 0.29) is 5.54 Å². The highest BCUT2D eigenvalue weighted by atomic mass is 35.5. The van der Waals surface area contributed by atoms with Crippen molar-refractivity contribution in [1.82, 2.24) is 9.97 Å². The SMILES string of the molecule is Cc1cc(-c2ccnc3ccc(Cl)cc23)cnc1OCC(C)CC(C)(C)N. The van der Waals surface area contributed by atoms with Crippen LogP contribution in [0.2, 0.25) is 5.02 Å². The van der Waals surface area contributed by atoms with Crippen molar-refractivity contribution in [1.29, 1.82) is 0 Å². The molecule has 27 heavy (non-hydrogen) atoms. The van der Waals surface area contributed by atoms with Crippen LogP contribution in [0.1, 0.15) is 32.8 Å². The van der Waals surface area contributed by atoms with E-state index in [0.29, 0.717) is 23.4 Å². The number of aromatic nitrogens is 2. The summed E-state index contributed by atoms with van der Waals surface area (Å²) in [5, 5.41) is 1.71. The Labute approximate surface area is 165 Å². The molecule has 0 saturated heterocycles. The van der Waals surface area contributed by atoms with Crippen LogP contribution in [0.3, 0.4) is 0 Å². The van der Waals surface area contributed by atoms with Crippen molar-refractivity contribution in [3.05, 3.63) is 53.3 Å². The third kappa shape index (κ3) is 4.96. The van der Waals surface area contributed by atoms with Gasteiger partial charge in [-0.15, -0.1) is 0 Å². The number of rotatable bonds is 6. The molecule has 2 N–H and O–H groups in total. The third-order valence-electron chi connectivity index (χ3n) is 4.42. The van der Waals surface area contributed by atoms with Gasteiger partial charge in [-0.05, 0) is 69.0 Å². The highest BCUT2D eigenvalue weighted by Gasteiger charge is 2.17. The molecule has 142 valence electrons. The van der Waals surface area contributed by atoms with Crippen LogP contribution in [-0.4, -0.2) is 22.1 Å². The van der Waals surface area contributed by atoms with E-state index in [9.17, 15) is 0 Å². The molecule has 4 nitrogen and oxygen atoms in total. The number of nitrogens with zero attached hydrogens (tertiary/aromatic N) is 2. The van der Waals surface area contributed by atoms with Crippen molar-refractivity contribution in [2.45, 2.75) is 39.7 Å². The van der Waals surface area contributed by atoms with Gasteiger partial charge >= 0.3 is 0 Å². The van der Waals surface area contributed by atoms with E-state index in [1.54, 1.807) is 0 Å². The zero-order chi connectivity index (χ0) is 19.6. The van der Waals surface area contributed by atoms with Gasteiger partial charge in [0.1, 0.15) is 0 Å². The Morgan fingerprint density at radius 1 is 1.19 bits per heavy atom. The maximum atomic E-state index is 6.18. The van der Waals surface area contributed by atoms with Crippen molar-refractivity contribution in [2.75, 3.05) is 6.61 Å². The van der Waals surface area contributed by atoms with Gasteiger partial charge in [-0.25, -0.2) is 4.98 Å². The minimum atomic E-state index is -0.196. The van der Waals surface area contributed by atoms with Crippen LogP contribution in [0.5, 0.6) is 5.88 Å². The minimum Gasteiger partial charge on any atom is -0.477 e. The quantitative estimate of drug-likeness (QED) is 0.618. The van der Waals surface area contributed by atoms with E-state index in [1.165, 1.54) is 0 Å². The Hall–Kier alpha value is -2.17. The van der Waals surface area contributed by atoms with Crippen molar-refractivity contribution in [3.63, 3.8) is 0 Å². The lowest BCUT2D eigenvalue weighted by molar-refractivity contribution is 0.221. The number of hydrogen-bond donors (Lipinski definition) is 1. The van der Waals surface area contributed by atoms with Crippen LogP contribution in [0, 0.1) is 12.8 Å². The second-order valence-electron chi connectivity index (χ2n) is 7.97. The molecular weight excluding hydrogens is 358 g/mol. The highest BCUT2D eigenvalue weighted by molar-refractivity contribution is 6.31. The lowest BCUT2D eigenvalue weighted by Gasteiger charge is -2.23. The van der Waals surface area contributed by atoms with Crippen molar-refractivity contribution in [2.24, 2.45) is 11.7 Å². The van der Waals surface area contributed by atoms with Gasteiger partial charge in [0.2, 0.25) is 5.88 Å². The Morgan fingerprint density at radius 3 is 2.67 bits per heavy atom. The Bertz CT molecular complexity index is 950. The molecule has 2 heterocycles. The van der Waals surface area contributed by atoms with Gasteiger partial charge in [-0.2, -0.15) is 0 Å². The lowest BCUT2D eigenvalue weighted by Crippen LogP contribution is -2.35. The first-order chi connectivity index (χ1) is 12.7. The smallest absolute Gasteiger partial charge is 0.216 e. The molecule has 0 amide bonds. The normalized spacial score (nSPS) is 13.0. The molecular formula is C22H26ClN3O. The molecule has 0 radical (unpaired) electrons. The zero-order valence-corrected chi connectivity index (χ0v) is 17.0. The number of fused-ring (bicyclic) bond motifs is 1. The highest BCUT2D eigenvalue weighted by Crippen LogP contribution is 2.31. The fraction of sp³-hybridized carbons (Fsp3) is 0.364.